The molecule has 2 rings (SSSR count). The van der Waals surface area contributed by atoms with Crippen LogP contribution >= 0.6 is 0 Å². The number of halogens is 1. The zero-order chi connectivity index (χ0) is 12.4. The smallest absolute Gasteiger partial charge is 0.248 e. The zero-order valence-corrected chi connectivity index (χ0v) is 9.35. The quantitative estimate of drug-likeness (QED) is 0.872. The van der Waals surface area contributed by atoms with E-state index in [1.807, 2.05) is 13.0 Å². The molecule has 88 valence electrons. The minimum atomic E-state index is -0.634. The van der Waals surface area contributed by atoms with Crippen molar-refractivity contribution in [3.8, 4) is 0 Å². The third-order valence-corrected chi connectivity index (χ3v) is 2.44. The first kappa shape index (κ1) is 11.3. The molecule has 0 saturated carbocycles. The molecule has 0 bridgehead atoms. The molecular formula is C12H12FN3O. The van der Waals surface area contributed by atoms with Crippen molar-refractivity contribution in [1.82, 2.24) is 9.78 Å². The number of hydrogen-bond donors (Lipinski definition) is 1. The molecule has 17 heavy (non-hydrogen) atoms. The maximum atomic E-state index is 13.7. The van der Waals surface area contributed by atoms with Crippen LogP contribution in [0.2, 0.25) is 0 Å². The van der Waals surface area contributed by atoms with Crippen LogP contribution in [0.1, 0.15) is 21.6 Å². The minimum absolute atomic E-state index is 0.169. The lowest BCUT2D eigenvalue weighted by Crippen LogP contribution is -2.12. The first-order valence-corrected chi connectivity index (χ1v) is 5.14. The van der Waals surface area contributed by atoms with Gasteiger partial charge in [-0.1, -0.05) is 6.07 Å². The molecule has 1 heterocycles. The Hall–Kier alpha value is -2.17. The summed E-state index contributed by atoms with van der Waals surface area (Å²) in [6, 6.07) is 6.05. The zero-order valence-electron chi connectivity index (χ0n) is 9.35. The largest absolute Gasteiger partial charge is 0.366 e. The molecular weight excluding hydrogens is 221 g/mol. The first-order valence-electron chi connectivity index (χ1n) is 5.14. The van der Waals surface area contributed by atoms with Gasteiger partial charge in [0.25, 0.3) is 0 Å². The maximum absolute atomic E-state index is 13.7. The number of carbonyl (C=O) groups is 1. The Labute approximate surface area is 97.9 Å². The van der Waals surface area contributed by atoms with E-state index >= 15 is 0 Å². The summed E-state index contributed by atoms with van der Waals surface area (Å²) in [7, 11) is 0. The molecule has 2 N–H and O–H groups in total. The van der Waals surface area contributed by atoms with E-state index in [1.165, 1.54) is 6.07 Å². The number of aryl methyl sites for hydroxylation is 1. The number of hydrogen-bond acceptors (Lipinski definition) is 2. The molecule has 1 amide bonds. The van der Waals surface area contributed by atoms with Gasteiger partial charge in [0.15, 0.2) is 0 Å². The second-order valence-electron chi connectivity index (χ2n) is 3.83. The standard InChI is InChI=1S/C12H12FN3O/c1-8-4-5-16(15-8)7-10-3-2-9(12(14)17)6-11(10)13/h2-6H,7H2,1H3,(H2,14,17). The van der Waals surface area contributed by atoms with Crippen LogP contribution < -0.4 is 5.73 Å². The van der Waals surface area contributed by atoms with E-state index in [0.29, 0.717) is 12.1 Å². The normalized spacial score (nSPS) is 10.5. The lowest BCUT2D eigenvalue weighted by Gasteiger charge is -2.05. The Bertz CT molecular complexity index is 563. The Kier molecular flexibility index (Phi) is 2.91. The summed E-state index contributed by atoms with van der Waals surface area (Å²) < 4.78 is 15.3. The number of nitrogens with zero attached hydrogens (tertiary/aromatic N) is 2. The molecule has 0 fully saturated rings. The number of rotatable bonds is 3. The SMILES string of the molecule is Cc1ccn(Cc2ccc(C(N)=O)cc2F)n1. The van der Waals surface area contributed by atoms with Crippen LogP contribution in [0.25, 0.3) is 0 Å². The number of carbonyl (C=O) groups excluding carboxylic acids is 1. The summed E-state index contributed by atoms with van der Waals surface area (Å²) in [5.41, 5.74) is 6.58. The summed E-state index contributed by atoms with van der Waals surface area (Å²) in [6.07, 6.45) is 1.77. The van der Waals surface area contributed by atoms with Crippen LogP contribution in [-0.4, -0.2) is 15.7 Å². The van der Waals surface area contributed by atoms with E-state index in [2.05, 4.69) is 5.10 Å². The molecule has 0 aliphatic heterocycles. The van der Waals surface area contributed by atoms with Gasteiger partial charge in [-0.2, -0.15) is 5.10 Å². The van der Waals surface area contributed by atoms with Crippen molar-refractivity contribution in [2.45, 2.75) is 13.5 Å². The molecule has 5 heteroatoms. The van der Waals surface area contributed by atoms with Crippen molar-refractivity contribution in [3.63, 3.8) is 0 Å². The summed E-state index contributed by atoms with van der Waals surface area (Å²) in [6.45, 7) is 2.20. The van der Waals surface area contributed by atoms with E-state index in [9.17, 15) is 9.18 Å². The molecule has 0 aliphatic rings. The topological polar surface area (TPSA) is 60.9 Å². The molecule has 2 aromatic rings. The fourth-order valence-electron chi connectivity index (χ4n) is 1.55. The summed E-state index contributed by atoms with van der Waals surface area (Å²) in [5, 5.41) is 4.16. The van der Waals surface area contributed by atoms with Crippen molar-refractivity contribution >= 4 is 5.91 Å². The van der Waals surface area contributed by atoms with Crippen LogP contribution in [-0.2, 0) is 6.54 Å². The van der Waals surface area contributed by atoms with Crippen LogP contribution in [0.3, 0.4) is 0 Å². The Morgan fingerprint density at radius 2 is 2.24 bits per heavy atom. The molecule has 0 aliphatic carbocycles. The van der Waals surface area contributed by atoms with Crippen molar-refractivity contribution in [1.29, 1.82) is 0 Å². The predicted octanol–water partition coefficient (Wildman–Crippen LogP) is 1.48. The van der Waals surface area contributed by atoms with Gasteiger partial charge in [0, 0.05) is 17.3 Å². The Balaban J connectivity index is 2.25. The van der Waals surface area contributed by atoms with E-state index in [1.54, 1.807) is 16.9 Å². The van der Waals surface area contributed by atoms with Gasteiger partial charge in [-0.25, -0.2) is 4.39 Å². The fraction of sp³-hybridized carbons (Fsp3) is 0.167. The Morgan fingerprint density at radius 1 is 1.47 bits per heavy atom. The van der Waals surface area contributed by atoms with Gasteiger partial charge in [0.05, 0.1) is 12.2 Å². The summed E-state index contributed by atoms with van der Waals surface area (Å²) >= 11 is 0. The van der Waals surface area contributed by atoms with Crippen LogP contribution in [0.15, 0.2) is 30.5 Å². The van der Waals surface area contributed by atoms with Crippen molar-refractivity contribution in [3.05, 3.63) is 53.1 Å². The van der Waals surface area contributed by atoms with Crippen molar-refractivity contribution in [2.24, 2.45) is 5.73 Å². The number of amides is 1. The molecule has 0 radical (unpaired) electrons. The highest BCUT2D eigenvalue weighted by molar-refractivity contribution is 5.92. The number of aromatic nitrogens is 2. The van der Waals surface area contributed by atoms with Crippen LogP contribution in [0.5, 0.6) is 0 Å². The van der Waals surface area contributed by atoms with Gasteiger partial charge in [0.2, 0.25) is 5.91 Å². The molecule has 1 aromatic carbocycles. The summed E-state index contributed by atoms with van der Waals surface area (Å²) in [5.74, 6) is -1.08. The van der Waals surface area contributed by atoms with Gasteiger partial charge < -0.3 is 5.73 Å². The predicted molar refractivity (Wildman–Crippen MR) is 61.0 cm³/mol. The highest BCUT2D eigenvalue weighted by atomic mass is 19.1. The van der Waals surface area contributed by atoms with E-state index in [0.717, 1.165) is 11.8 Å². The minimum Gasteiger partial charge on any atom is -0.366 e. The van der Waals surface area contributed by atoms with Crippen LogP contribution in [0, 0.1) is 12.7 Å². The third-order valence-electron chi connectivity index (χ3n) is 2.44. The first-order chi connectivity index (χ1) is 8.06. The monoisotopic (exact) mass is 233 g/mol. The van der Waals surface area contributed by atoms with Crippen molar-refractivity contribution in [2.75, 3.05) is 0 Å². The molecule has 0 unspecified atom stereocenters. The average Bonchev–Trinajstić information content (AvgIpc) is 2.67. The van der Waals surface area contributed by atoms with Gasteiger partial charge >= 0.3 is 0 Å². The molecule has 0 spiro atoms. The third kappa shape index (κ3) is 2.50. The molecule has 1 aromatic heterocycles. The lowest BCUT2D eigenvalue weighted by atomic mass is 10.1. The van der Waals surface area contributed by atoms with Gasteiger partial charge in [-0.05, 0) is 25.1 Å². The maximum Gasteiger partial charge on any atom is 0.248 e. The van der Waals surface area contributed by atoms with E-state index in [4.69, 9.17) is 5.73 Å². The molecule has 0 saturated heterocycles. The van der Waals surface area contributed by atoms with Gasteiger partial charge in [0.1, 0.15) is 5.82 Å². The number of benzene rings is 1. The second-order valence-corrected chi connectivity index (χ2v) is 3.83. The van der Waals surface area contributed by atoms with Gasteiger partial charge in [-0.3, -0.25) is 9.48 Å². The molecule has 0 atom stereocenters. The number of nitrogens with two attached hydrogens (primary N) is 1. The van der Waals surface area contributed by atoms with Crippen molar-refractivity contribution < 1.29 is 9.18 Å². The average molecular weight is 233 g/mol. The summed E-state index contributed by atoms with van der Waals surface area (Å²) in [4.78, 5) is 10.9. The molecule has 4 nitrogen and oxygen atoms in total. The Morgan fingerprint density at radius 3 is 2.76 bits per heavy atom. The van der Waals surface area contributed by atoms with Gasteiger partial charge in [-0.15, -0.1) is 0 Å². The van der Waals surface area contributed by atoms with Crippen LogP contribution in [0.4, 0.5) is 4.39 Å². The fourth-order valence-corrected chi connectivity index (χ4v) is 1.55. The second kappa shape index (κ2) is 4.37. The number of primary amides is 1. The highest BCUT2D eigenvalue weighted by Crippen LogP contribution is 2.11. The van der Waals surface area contributed by atoms with E-state index in [-0.39, 0.29) is 5.56 Å². The lowest BCUT2D eigenvalue weighted by molar-refractivity contribution is 0.1000. The van der Waals surface area contributed by atoms with E-state index < -0.39 is 11.7 Å². The highest BCUT2D eigenvalue weighted by Gasteiger charge is 2.07.